The third kappa shape index (κ3) is 4.39. The summed E-state index contributed by atoms with van der Waals surface area (Å²) in [7, 11) is 1.97. The molecule has 2 aromatic rings. The van der Waals surface area contributed by atoms with Gasteiger partial charge in [0.1, 0.15) is 0 Å². The number of benzene rings is 2. The Kier molecular flexibility index (Phi) is 5.69. The lowest BCUT2D eigenvalue weighted by Gasteiger charge is -2.13. The molecular formula is C17H19Cl2N3. The molecule has 0 amide bonds. The zero-order valence-electron chi connectivity index (χ0n) is 12.9. The Bertz CT molecular complexity index is 684. The Hall–Kier alpha value is -1.71. The molecule has 1 N–H and O–H groups in total. The van der Waals surface area contributed by atoms with Gasteiger partial charge in [0.15, 0.2) is 0 Å². The van der Waals surface area contributed by atoms with E-state index in [1.165, 1.54) is 0 Å². The highest BCUT2D eigenvalue weighted by molar-refractivity contribution is 6.36. The van der Waals surface area contributed by atoms with Gasteiger partial charge in [0.2, 0.25) is 0 Å². The summed E-state index contributed by atoms with van der Waals surface area (Å²) in [6.45, 7) is 4.97. The van der Waals surface area contributed by atoms with Crippen molar-refractivity contribution in [2.75, 3.05) is 18.9 Å². The first kappa shape index (κ1) is 16.7. The van der Waals surface area contributed by atoms with Crippen molar-refractivity contribution in [2.24, 2.45) is 4.99 Å². The van der Waals surface area contributed by atoms with E-state index < -0.39 is 0 Å². The predicted molar refractivity (Wildman–Crippen MR) is 97.4 cm³/mol. The van der Waals surface area contributed by atoms with Crippen molar-refractivity contribution in [1.29, 1.82) is 0 Å². The van der Waals surface area contributed by atoms with E-state index in [0.29, 0.717) is 10.0 Å². The van der Waals surface area contributed by atoms with E-state index >= 15 is 0 Å². The maximum Gasteiger partial charge on any atom is 0.0910 e. The number of hydrogen-bond donors (Lipinski definition) is 1. The zero-order chi connectivity index (χ0) is 16.1. The lowest BCUT2D eigenvalue weighted by atomic mass is 10.2. The predicted octanol–water partition coefficient (Wildman–Crippen LogP) is 5.66. The number of anilines is 2. The number of aliphatic imine (C=N–C) groups is 1. The van der Waals surface area contributed by atoms with Crippen LogP contribution in [0.5, 0.6) is 0 Å². The first-order valence-corrected chi connectivity index (χ1v) is 7.82. The number of nitrogens with zero attached hydrogens (tertiary/aromatic N) is 2. The van der Waals surface area contributed by atoms with E-state index in [-0.39, 0.29) is 0 Å². The molecule has 0 radical (unpaired) electrons. The molecule has 116 valence electrons. The van der Waals surface area contributed by atoms with Crippen LogP contribution in [0, 0.1) is 6.92 Å². The molecule has 0 saturated carbocycles. The van der Waals surface area contributed by atoms with Gasteiger partial charge >= 0.3 is 0 Å². The second-order valence-electron chi connectivity index (χ2n) is 5.10. The van der Waals surface area contributed by atoms with Crippen molar-refractivity contribution >= 4 is 46.6 Å². The Labute approximate surface area is 141 Å². The van der Waals surface area contributed by atoms with Crippen LogP contribution in [0.25, 0.3) is 0 Å². The van der Waals surface area contributed by atoms with Crippen LogP contribution >= 0.6 is 23.2 Å². The van der Waals surface area contributed by atoms with Crippen molar-refractivity contribution in [3.63, 3.8) is 0 Å². The first-order valence-electron chi connectivity index (χ1n) is 7.06. The monoisotopic (exact) mass is 335 g/mol. The summed E-state index contributed by atoms with van der Waals surface area (Å²) in [5.74, 6) is 0. The molecule has 0 unspecified atom stereocenters. The van der Waals surface area contributed by atoms with Crippen LogP contribution in [0.4, 0.5) is 17.1 Å². The van der Waals surface area contributed by atoms with Gasteiger partial charge in [-0.1, -0.05) is 29.3 Å². The highest BCUT2D eigenvalue weighted by Crippen LogP contribution is 2.35. The molecule has 0 atom stereocenters. The van der Waals surface area contributed by atoms with Gasteiger partial charge in [0.05, 0.1) is 22.7 Å². The number of hydrogen-bond acceptors (Lipinski definition) is 2. The molecule has 0 spiro atoms. The summed E-state index contributed by atoms with van der Waals surface area (Å²) >= 11 is 12.5. The van der Waals surface area contributed by atoms with Crippen molar-refractivity contribution < 1.29 is 0 Å². The fourth-order valence-corrected chi connectivity index (χ4v) is 2.29. The molecule has 22 heavy (non-hydrogen) atoms. The maximum absolute atomic E-state index is 6.47. The van der Waals surface area contributed by atoms with Crippen molar-refractivity contribution in [2.45, 2.75) is 13.8 Å². The molecule has 0 saturated heterocycles. The number of aryl methyl sites for hydroxylation is 1. The highest BCUT2D eigenvalue weighted by Gasteiger charge is 2.08. The van der Waals surface area contributed by atoms with Gasteiger partial charge in [0, 0.05) is 24.3 Å². The summed E-state index contributed by atoms with van der Waals surface area (Å²) < 4.78 is 0. The minimum absolute atomic E-state index is 0.589. The Morgan fingerprint density at radius 2 is 2.00 bits per heavy atom. The molecule has 0 fully saturated rings. The summed E-state index contributed by atoms with van der Waals surface area (Å²) in [4.78, 5) is 6.45. The molecular weight excluding hydrogens is 317 g/mol. The summed E-state index contributed by atoms with van der Waals surface area (Å²) in [5.41, 5.74) is 3.53. The van der Waals surface area contributed by atoms with Crippen LogP contribution in [0.1, 0.15) is 12.5 Å². The van der Waals surface area contributed by atoms with Crippen LogP contribution in [-0.2, 0) is 0 Å². The van der Waals surface area contributed by atoms with Crippen LogP contribution in [0.3, 0.4) is 0 Å². The Morgan fingerprint density at radius 3 is 2.68 bits per heavy atom. The third-order valence-corrected chi connectivity index (χ3v) is 3.83. The molecule has 0 heterocycles. The SMILES string of the molecule is CCN(C)C=Nc1cc(C)cc(Nc2cccc(Cl)c2)c1Cl. The van der Waals surface area contributed by atoms with Crippen LogP contribution in [-0.4, -0.2) is 24.8 Å². The molecule has 3 nitrogen and oxygen atoms in total. The van der Waals surface area contributed by atoms with Gasteiger partial charge in [-0.3, -0.25) is 0 Å². The molecule has 5 heteroatoms. The minimum atomic E-state index is 0.589. The third-order valence-electron chi connectivity index (χ3n) is 3.19. The van der Waals surface area contributed by atoms with Crippen molar-refractivity contribution in [3.8, 4) is 0 Å². The standard InChI is InChI=1S/C17H19Cl2N3/c1-4-22(3)11-20-15-8-12(2)9-16(17(15)19)21-14-7-5-6-13(18)10-14/h5-11,21H,4H2,1-3H3. The zero-order valence-corrected chi connectivity index (χ0v) is 14.4. The molecule has 0 aliphatic heterocycles. The van der Waals surface area contributed by atoms with E-state index in [2.05, 4.69) is 17.2 Å². The summed E-state index contributed by atoms with van der Waals surface area (Å²) in [6.07, 6.45) is 1.78. The quantitative estimate of drug-likeness (QED) is 0.564. The molecule has 0 aliphatic carbocycles. The van der Waals surface area contributed by atoms with Gasteiger partial charge < -0.3 is 10.2 Å². The molecule has 0 bridgehead atoms. The van der Waals surface area contributed by atoms with Crippen LogP contribution in [0.2, 0.25) is 10.0 Å². The largest absolute Gasteiger partial charge is 0.366 e. The first-order chi connectivity index (χ1) is 10.5. The number of nitrogens with one attached hydrogen (secondary N) is 1. The maximum atomic E-state index is 6.47. The van der Waals surface area contributed by atoms with Crippen molar-refractivity contribution in [3.05, 3.63) is 52.0 Å². The van der Waals surface area contributed by atoms with Gasteiger partial charge in [-0.25, -0.2) is 4.99 Å². The average Bonchev–Trinajstić information content (AvgIpc) is 2.48. The van der Waals surface area contributed by atoms with Gasteiger partial charge in [-0.05, 0) is 49.7 Å². The molecule has 0 aliphatic rings. The van der Waals surface area contributed by atoms with E-state index in [9.17, 15) is 0 Å². The normalized spacial score (nSPS) is 11.0. The second-order valence-corrected chi connectivity index (χ2v) is 5.91. The minimum Gasteiger partial charge on any atom is -0.366 e. The van der Waals surface area contributed by atoms with Crippen LogP contribution in [0.15, 0.2) is 41.4 Å². The van der Waals surface area contributed by atoms with Gasteiger partial charge in [-0.15, -0.1) is 0 Å². The van der Waals surface area contributed by atoms with Gasteiger partial charge in [0.25, 0.3) is 0 Å². The fourth-order valence-electron chi connectivity index (χ4n) is 1.90. The highest BCUT2D eigenvalue weighted by atomic mass is 35.5. The number of rotatable bonds is 5. The number of halogens is 2. The van der Waals surface area contributed by atoms with E-state index in [4.69, 9.17) is 23.2 Å². The summed E-state index contributed by atoms with van der Waals surface area (Å²) in [6, 6.07) is 11.5. The van der Waals surface area contributed by atoms with E-state index in [1.807, 2.05) is 55.3 Å². The Morgan fingerprint density at radius 1 is 1.23 bits per heavy atom. The lowest BCUT2D eigenvalue weighted by molar-refractivity contribution is 0.552. The molecule has 2 rings (SSSR count). The average molecular weight is 336 g/mol. The van der Waals surface area contributed by atoms with Crippen LogP contribution < -0.4 is 5.32 Å². The molecule has 2 aromatic carbocycles. The molecule has 0 aromatic heterocycles. The van der Waals surface area contributed by atoms with Gasteiger partial charge in [-0.2, -0.15) is 0 Å². The van der Waals surface area contributed by atoms with E-state index in [1.54, 1.807) is 6.34 Å². The smallest absolute Gasteiger partial charge is 0.0910 e. The summed E-state index contributed by atoms with van der Waals surface area (Å²) in [5, 5.41) is 4.56. The van der Waals surface area contributed by atoms with E-state index in [0.717, 1.165) is 29.2 Å². The Balaban J connectivity index is 2.32. The lowest BCUT2D eigenvalue weighted by Crippen LogP contribution is -2.14. The topological polar surface area (TPSA) is 27.6 Å². The second kappa shape index (κ2) is 7.52. The fraction of sp³-hybridized carbons (Fsp3) is 0.235. The van der Waals surface area contributed by atoms with Crippen molar-refractivity contribution in [1.82, 2.24) is 4.90 Å².